The van der Waals surface area contributed by atoms with Gasteiger partial charge in [0, 0.05) is 18.8 Å². The van der Waals surface area contributed by atoms with E-state index in [1.807, 2.05) is 30.0 Å². The molecule has 3 rings (SSSR count). The highest BCUT2D eigenvalue weighted by Crippen LogP contribution is 2.26. The number of nitrogen functional groups attached to an aromatic ring is 1. The van der Waals surface area contributed by atoms with E-state index in [9.17, 15) is 4.79 Å². The van der Waals surface area contributed by atoms with Gasteiger partial charge in [0.2, 0.25) is 5.91 Å². The van der Waals surface area contributed by atoms with Gasteiger partial charge in [-0.15, -0.1) is 0 Å². The third-order valence-corrected chi connectivity index (χ3v) is 4.51. The number of rotatable bonds is 3. The van der Waals surface area contributed by atoms with Crippen molar-refractivity contribution in [1.29, 1.82) is 0 Å². The Balaban J connectivity index is 1.73. The Hall–Kier alpha value is -1.69. The highest BCUT2D eigenvalue weighted by atomic mass is 32.2. The lowest BCUT2D eigenvalue weighted by atomic mass is 10.3. The Kier molecular flexibility index (Phi) is 3.56. The zero-order chi connectivity index (χ0) is 14.1. The van der Waals surface area contributed by atoms with Crippen molar-refractivity contribution in [3.05, 3.63) is 18.2 Å². The van der Waals surface area contributed by atoms with Crippen LogP contribution in [-0.2, 0) is 4.79 Å². The maximum absolute atomic E-state index is 12.3. The predicted octanol–water partition coefficient (Wildman–Crippen LogP) is 2.25. The monoisotopic (exact) mass is 290 g/mol. The molecule has 20 heavy (non-hydrogen) atoms. The number of aromatic amines is 1. The molecule has 0 spiro atoms. The quantitative estimate of drug-likeness (QED) is 0.671. The summed E-state index contributed by atoms with van der Waals surface area (Å²) < 4.78 is 0. The number of hydrogen-bond donors (Lipinski definition) is 2. The Labute approximate surface area is 121 Å². The highest BCUT2D eigenvalue weighted by Gasteiger charge is 2.24. The van der Waals surface area contributed by atoms with Crippen LogP contribution in [0.1, 0.15) is 19.8 Å². The molecule has 1 unspecified atom stereocenters. The highest BCUT2D eigenvalue weighted by molar-refractivity contribution is 8.00. The average molecular weight is 290 g/mol. The number of amides is 1. The fraction of sp³-hybridized carbons (Fsp3) is 0.429. The number of carbonyl (C=O) groups is 1. The molecular formula is C14H18N4OS. The lowest BCUT2D eigenvalue weighted by Crippen LogP contribution is -2.34. The molecule has 1 aliphatic rings. The van der Waals surface area contributed by atoms with Gasteiger partial charge in [0.05, 0.1) is 16.3 Å². The molecule has 1 aromatic heterocycles. The molecule has 106 valence electrons. The van der Waals surface area contributed by atoms with Crippen LogP contribution in [0, 0.1) is 0 Å². The third kappa shape index (κ3) is 2.60. The van der Waals surface area contributed by atoms with Crippen molar-refractivity contribution >= 4 is 34.4 Å². The zero-order valence-corrected chi connectivity index (χ0v) is 12.2. The number of imidazole rings is 1. The molecule has 2 aromatic rings. The molecule has 2 heterocycles. The minimum absolute atomic E-state index is 0.119. The predicted molar refractivity (Wildman–Crippen MR) is 81.6 cm³/mol. The van der Waals surface area contributed by atoms with Gasteiger partial charge in [-0.2, -0.15) is 0 Å². The van der Waals surface area contributed by atoms with E-state index in [4.69, 9.17) is 5.73 Å². The molecule has 0 bridgehead atoms. The number of nitrogens with zero attached hydrogens (tertiary/aromatic N) is 2. The second-order valence-corrected chi connectivity index (χ2v) is 6.44. The van der Waals surface area contributed by atoms with Gasteiger partial charge >= 0.3 is 0 Å². The van der Waals surface area contributed by atoms with E-state index in [2.05, 4.69) is 9.97 Å². The van der Waals surface area contributed by atoms with Gasteiger partial charge in [-0.1, -0.05) is 11.8 Å². The Bertz CT molecular complexity index is 633. The summed E-state index contributed by atoms with van der Waals surface area (Å²) in [5.74, 6) is 0.201. The van der Waals surface area contributed by atoms with Gasteiger partial charge in [0.1, 0.15) is 0 Å². The second-order valence-electron chi connectivity index (χ2n) is 5.11. The largest absolute Gasteiger partial charge is 0.399 e. The first kappa shape index (κ1) is 13.3. The number of thioether (sulfide) groups is 1. The van der Waals surface area contributed by atoms with Crippen LogP contribution in [0.4, 0.5) is 5.69 Å². The first-order valence-electron chi connectivity index (χ1n) is 6.84. The number of H-pyrrole nitrogens is 1. The van der Waals surface area contributed by atoms with E-state index in [0.717, 1.165) is 42.1 Å². The van der Waals surface area contributed by atoms with Crippen LogP contribution < -0.4 is 5.73 Å². The number of benzene rings is 1. The molecule has 6 heteroatoms. The van der Waals surface area contributed by atoms with Gasteiger partial charge in [-0.3, -0.25) is 4.79 Å². The summed E-state index contributed by atoms with van der Waals surface area (Å²) in [6.45, 7) is 3.72. The Morgan fingerprint density at radius 3 is 2.95 bits per heavy atom. The topological polar surface area (TPSA) is 75.0 Å². The van der Waals surface area contributed by atoms with E-state index < -0.39 is 0 Å². The van der Waals surface area contributed by atoms with Gasteiger partial charge in [0.15, 0.2) is 5.16 Å². The lowest BCUT2D eigenvalue weighted by molar-refractivity contribution is -0.129. The fourth-order valence-electron chi connectivity index (χ4n) is 2.47. The van der Waals surface area contributed by atoms with E-state index in [-0.39, 0.29) is 11.2 Å². The maximum atomic E-state index is 12.3. The third-order valence-electron chi connectivity index (χ3n) is 3.54. The molecule has 1 atom stereocenters. The van der Waals surface area contributed by atoms with E-state index >= 15 is 0 Å². The van der Waals surface area contributed by atoms with Crippen molar-refractivity contribution < 1.29 is 4.79 Å². The van der Waals surface area contributed by atoms with Crippen molar-refractivity contribution in [2.45, 2.75) is 30.2 Å². The molecule has 0 aliphatic carbocycles. The van der Waals surface area contributed by atoms with Crippen molar-refractivity contribution in [2.75, 3.05) is 18.8 Å². The molecule has 0 saturated carbocycles. The Morgan fingerprint density at radius 2 is 2.20 bits per heavy atom. The molecule has 1 saturated heterocycles. The minimum Gasteiger partial charge on any atom is -0.399 e. The summed E-state index contributed by atoms with van der Waals surface area (Å²) in [5.41, 5.74) is 8.25. The molecular weight excluding hydrogens is 272 g/mol. The van der Waals surface area contributed by atoms with Crippen LogP contribution in [0.2, 0.25) is 0 Å². The molecule has 3 N–H and O–H groups in total. The van der Waals surface area contributed by atoms with Crippen molar-refractivity contribution in [1.82, 2.24) is 14.9 Å². The van der Waals surface area contributed by atoms with Crippen LogP contribution in [0.15, 0.2) is 23.4 Å². The van der Waals surface area contributed by atoms with Gasteiger partial charge in [0.25, 0.3) is 0 Å². The second kappa shape index (κ2) is 5.36. The SMILES string of the molecule is CC(Sc1nc2ccc(N)cc2[nH]1)C(=O)N1CCCC1. The van der Waals surface area contributed by atoms with Crippen LogP contribution >= 0.6 is 11.8 Å². The first-order chi connectivity index (χ1) is 9.63. The van der Waals surface area contributed by atoms with Crippen LogP contribution in [0.3, 0.4) is 0 Å². The molecule has 1 fully saturated rings. The zero-order valence-electron chi connectivity index (χ0n) is 11.4. The molecule has 0 radical (unpaired) electrons. The summed E-state index contributed by atoms with van der Waals surface area (Å²) >= 11 is 1.47. The fourth-order valence-corrected chi connectivity index (χ4v) is 3.38. The van der Waals surface area contributed by atoms with E-state index in [0.29, 0.717) is 5.69 Å². The minimum atomic E-state index is -0.119. The van der Waals surface area contributed by atoms with Gasteiger partial charge in [-0.25, -0.2) is 4.98 Å². The number of likely N-dealkylation sites (tertiary alicyclic amines) is 1. The lowest BCUT2D eigenvalue weighted by Gasteiger charge is -2.19. The van der Waals surface area contributed by atoms with Crippen molar-refractivity contribution in [2.24, 2.45) is 0 Å². The number of aromatic nitrogens is 2. The van der Waals surface area contributed by atoms with Crippen molar-refractivity contribution in [3.8, 4) is 0 Å². The molecule has 5 nitrogen and oxygen atoms in total. The number of carbonyl (C=O) groups excluding carboxylic acids is 1. The standard InChI is InChI=1S/C14H18N4OS/c1-9(13(19)18-6-2-3-7-18)20-14-16-11-5-4-10(15)8-12(11)17-14/h4-5,8-9H,2-3,6-7,15H2,1H3,(H,16,17). The van der Waals surface area contributed by atoms with Gasteiger partial charge in [-0.05, 0) is 38.0 Å². The van der Waals surface area contributed by atoms with Crippen LogP contribution in [0.5, 0.6) is 0 Å². The van der Waals surface area contributed by atoms with Crippen LogP contribution in [0.25, 0.3) is 11.0 Å². The van der Waals surface area contributed by atoms with Crippen molar-refractivity contribution in [3.63, 3.8) is 0 Å². The Morgan fingerprint density at radius 1 is 1.45 bits per heavy atom. The van der Waals surface area contributed by atoms with Crippen LogP contribution in [-0.4, -0.2) is 39.1 Å². The summed E-state index contributed by atoms with van der Waals surface area (Å²) in [6, 6.07) is 5.58. The summed E-state index contributed by atoms with van der Waals surface area (Å²) in [7, 11) is 0. The summed E-state index contributed by atoms with van der Waals surface area (Å²) in [6.07, 6.45) is 2.24. The van der Waals surface area contributed by atoms with Gasteiger partial charge < -0.3 is 15.6 Å². The molecule has 1 aliphatic heterocycles. The smallest absolute Gasteiger partial charge is 0.235 e. The number of fused-ring (bicyclic) bond motifs is 1. The van der Waals surface area contributed by atoms with E-state index in [1.165, 1.54) is 11.8 Å². The summed E-state index contributed by atoms with van der Waals surface area (Å²) in [5, 5.41) is 0.650. The maximum Gasteiger partial charge on any atom is 0.235 e. The summed E-state index contributed by atoms with van der Waals surface area (Å²) in [4.78, 5) is 21.9. The van der Waals surface area contributed by atoms with E-state index in [1.54, 1.807) is 0 Å². The molecule has 1 amide bonds. The first-order valence-corrected chi connectivity index (χ1v) is 7.72. The average Bonchev–Trinajstić information content (AvgIpc) is 3.05. The number of hydrogen-bond acceptors (Lipinski definition) is 4. The normalized spacial score (nSPS) is 16.8. The number of nitrogens with two attached hydrogens (primary N) is 1. The molecule has 1 aromatic carbocycles. The number of anilines is 1. The number of nitrogens with one attached hydrogen (secondary N) is 1.